The molecule has 26 heavy (non-hydrogen) atoms. The molecule has 0 bridgehead atoms. The topological polar surface area (TPSA) is 88.6 Å². The summed E-state index contributed by atoms with van der Waals surface area (Å²) in [6.45, 7) is 0.709. The first-order chi connectivity index (χ1) is 12.6. The van der Waals surface area contributed by atoms with Crippen LogP contribution in [0.25, 0.3) is 0 Å². The number of hydrogen-bond donors (Lipinski definition) is 1. The minimum atomic E-state index is -0.482. The average Bonchev–Trinajstić information content (AvgIpc) is 3.15. The molecule has 132 valence electrons. The minimum absolute atomic E-state index is 0.0280. The number of hydrogen-bond acceptors (Lipinski definition) is 4. The number of benzene rings is 2. The second kappa shape index (κ2) is 7.98. The van der Waals surface area contributed by atoms with Gasteiger partial charge in [-0.2, -0.15) is 0 Å². The molecule has 0 spiro atoms. The Labute approximate surface area is 150 Å². The molecule has 7 heteroatoms. The van der Waals surface area contributed by atoms with E-state index >= 15 is 0 Å². The fraction of sp³-hybridized carbons (Fsp3) is 0.105. The van der Waals surface area contributed by atoms with Crippen molar-refractivity contribution in [2.45, 2.75) is 13.1 Å². The van der Waals surface area contributed by atoms with Crippen LogP contribution in [0.3, 0.4) is 0 Å². The zero-order valence-corrected chi connectivity index (χ0v) is 13.9. The summed E-state index contributed by atoms with van der Waals surface area (Å²) in [4.78, 5) is 24.5. The lowest BCUT2D eigenvalue weighted by Gasteiger charge is -2.22. The predicted octanol–water partition coefficient (Wildman–Crippen LogP) is 4.42. The van der Waals surface area contributed by atoms with Gasteiger partial charge in [-0.3, -0.25) is 10.1 Å². The summed E-state index contributed by atoms with van der Waals surface area (Å²) in [5, 5.41) is 13.5. The van der Waals surface area contributed by atoms with E-state index in [0.717, 1.165) is 5.56 Å². The smallest absolute Gasteiger partial charge is 0.322 e. The fourth-order valence-electron chi connectivity index (χ4n) is 2.46. The predicted molar refractivity (Wildman–Crippen MR) is 96.5 cm³/mol. The van der Waals surface area contributed by atoms with Crippen molar-refractivity contribution in [2.24, 2.45) is 0 Å². The Morgan fingerprint density at radius 3 is 2.35 bits per heavy atom. The molecule has 2 amide bonds. The van der Waals surface area contributed by atoms with Gasteiger partial charge in [-0.25, -0.2) is 4.79 Å². The highest BCUT2D eigenvalue weighted by Crippen LogP contribution is 2.17. The quantitative estimate of drug-likeness (QED) is 0.526. The van der Waals surface area contributed by atoms with Gasteiger partial charge in [0, 0.05) is 24.4 Å². The Hall–Kier alpha value is -3.61. The van der Waals surface area contributed by atoms with E-state index in [1.807, 2.05) is 30.3 Å². The first-order valence-corrected chi connectivity index (χ1v) is 7.98. The van der Waals surface area contributed by atoms with Crippen molar-refractivity contribution in [1.82, 2.24) is 4.90 Å². The van der Waals surface area contributed by atoms with Crippen molar-refractivity contribution in [3.63, 3.8) is 0 Å². The van der Waals surface area contributed by atoms with E-state index in [2.05, 4.69) is 5.32 Å². The zero-order chi connectivity index (χ0) is 18.4. The Morgan fingerprint density at radius 2 is 1.73 bits per heavy atom. The highest BCUT2D eigenvalue weighted by molar-refractivity contribution is 5.89. The van der Waals surface area contributed by atoms with Crippen LogP contribution >= 0.6 is 0 Å². The van der Waals surface area contributed by atoms with E-state index in [9.17, 15) is 14.9 Å². The van der Waals surface area contributed by atoms with Crippen molar-refractivity contribution in [2.75, 3.05) is 5.32 Å². The SMILES string of the molecule is O=C(Nc1ccc([N+](=O)[O-])cc1)N(Cc1ccccc1)Cc1ccco1. The first-order valence-electron chi connectivity index (χ1n) is 7.98. The van der Waals surface area contributed by atoms with Crippen molar-refractivity contribution in [3.8, 4) is 0 Å². The van der Waals surface area contributed by atoms with Gasteiger partial charge in [0.05, 0.1) is 17.7 Å². The molecule has 0 aliphatic carbocycles. The average molecular weight is 351 g/mol. The number of amides is 2. The summed E-state index contributed by atoms with van der Waals surface area (Å²) >= 11 is 0. The van der Waals surface area contributed by atoms with Gasteiger partial charge < -0.3 is 14.6 Å². The van der Waals surface area contributed by atoms with Gasteiger partial charge in [0.25, 0.3) is 5.69 Å². The van der Waals surface area contributed by atoms with E-state index in [1.54, 1.807) is 23.3 Å². The highest BCUT2D eigenvalue weighted by Gasteiger charge is 2.16. The standard InChI is InChI=1S/C19H17N3O4/c23-19(20-16-8-10-17(11-9-16)22(24)25)21(14-18-7-4-12-26-18)13-15-5-2-1-3-6-15/h1-12H,13-14H2,(H,20,23). The van der Waals surface area contributed by atoms with Crippen molar-refractivity contribution in [3.05, 3.63) is 94.4 Å². The number of nitro groups is 1. The Bertz CT molecular complexity index is 862. The summed E-state index contributed by atoms with van der Waals surface area (Å²) in [7, 11) is 0. The summed E-state index contributed by atoms with van der Waals surface area (Å²) in [5.41, 5.74) is 1.44. The van der Waals surface area contributed by atoms with Gasteiger partial charge >= 0.3 is 6.03 Å². The van der Waals surface area contributed by atoms with Gasteiger partial charge in [0.1, 0.15) is 5.76 Å². The molecule has 1 N–H and O–H groups in total. The number of carbonyl (C=O) groups excluding carboxylic acids is 1. The van der Waals surface area contributed by atoms with Crippen LogP contribution in [0.1, 0.15) is 11.3 Å². The Morgan fingerprint density at radius 1 is 1.00 bits per heavy atom. The van der Waals surface area contributed by atoms with Crippen LogP contribution in [-0.2, 0) is 13.1 Å². The molecule has 0 radical (unpaired) electrons. The minimum Gasteiger partial charge on any atom is -0.467 e. The summed E-state index contributed by atoms with van der Waals surface area (Å²) in [6, 6.07) is 18.6. The second-order valence-electron chi connectivity index (χ2n) is 5.66. The maximum Gasteiger partial charge on any atom is 0.322 e. The summed E-state index contributed by atoms with van der Waals surface area (Å²) < 4.78 is 5.35. The maximum absolute atomic E-state index is 12.7. The van der Waals surface area contributed by atoms with E-state index in [1.165, 1.54) is 24.3 Å². The van der Waals surface area contributed by atoms with Crippen LogP contribution in [0.4, 0.5) is 16.2 Å². The largest absolute Gasteiger partial charge is 0.467 e. The summed E-state index contributed by atoms with van der Waals surface area (Å²) in [6.07, 6.45) is 1.56. The lowest BCUT2D eigenvalue weighted by molar-refractivity contribution is -0.384. The number of carbonyl (C=O) groups is 1. The lowest BCUT2D eigenvalue weighted by atomic mass is 10.2. The number of rotatable bonds is 6. The third kappa shape index (κ3) is 4.47. The summed E-state index contributed by atoms with van der Waals surface area (Å²) in [5.74, 6) is 0.666. The van der Waals surface area contributed by atoms with Crippen LogP contribution in [-0.4, -0.2) is 15.9 Å². The molecule has 2 aromatic carbocycles. The van der Waals surface area contributed by atoms with Crippen molar-refractivity contribution < 1.29 is 14.1 Å². The van der Waals surface area contributed by atoms with Gasteiger partial charge in [-0.1, -0.05) is 30.3 Å². The molecule has 1 aromatic heterocycles. The first kappa shape index (κ1) is 17.2. The Balaban J connectivity index is 1.74. The lowest BCUT2D eigenvalue weighted by Crippen LogP contribution is -2.33. The van der Waals surface area contributed by atoms with E-state index in [0.29, 0.717) is 24.5 Å². The molecule has 0 unspecified atom stereocenters. The Kier molecular flexibility index (Phi) is 5.28. The van der Waals surface area contributed by atoms with Crippen LogP contribution in [0.5, 0.6) is 0 Å². The van der Waals surface area contributed by atoms with E-state index < -0.39 is 4.92 Å². The normalized spacial score (nSPS) is 10.3. The third-order valence-corrected chi connectivity index (χ3v) is 3.76. The van der Waals surface area contributed by atoms with Gasteiger partial charge in [0.15, 0.2) is 0 Å². The molecule has 0 saturated carbocycles. The maximum atomic E-state index is 12.7. The third-order valence-electron chi connectivity index (χ3n) is 3.76. The van der Waals surface area contributed by atoms with Gasteiger partial charge in [-0.05, 0) is 29.8 Å². The van der Waals surface area contributed by atoms with Crippen LogP contribution in [0.15, 0.2) is 77.4 Å². The molecule has 0 aliphatic rings. The molecule has 7 nitrogen and oxygen atoms in total. The second-order valence-corrected chi connectivity index (χ2v) is 5.66. The number of nitrogens with one attached hydrogen (secondary N) is 1. The zero-order valence-electron chi connectivity index (χ0n) is 13.9. The number of furan rings is 1. The molecular formula is C19H17N3O4. The van der Waals surface area contributed by atoms with E-state index in [-0.39, 0.29) is 11.7 Å². The van der Waals surface area contributed by atoms with Crippen LogP contribution in [0, 0.1) is 10.1 Å². The number of anilines is 1. The van der Waals surface area contributed by atoms with Crippen LogP contribution < -0.4 is 5.32 Å². The monoisotopic (exact) mass is 351 g/mol. The molecule has 3 aromatic rings. The number of nitrogens with zero attached hydrogens (tertiary/aromatic N) is 2. The van der Waals surface area contributed by atoms with Gasteiger partial charge in [0.2, 0.25) is 0 Å². The molecule has 0 saturated heterocycles. The fourth-order valence-corrected chi connectivity index (χ4v) is 2.46. The van der Waals surface area contributed by atoms with Crippen LogP contribution in [0.2, 0.25) is 0 Å². The van der Waals surface area contributed by atoms with Crippen molar-refractivity contribution >= 4 is 17.4 Å². The molecule has 0 fully saturated rings. The molecule has 0 aliphatic heterocycles. The van der Waals surface area contributed by atoms with Crippen molar-refractivity contribution in [1.29, 1.82) is 0 Å². The number of non-ortho nitro benzene ring substituents is 1. The highest BCUT2D eigenvalue weighted by atomic mass is 16.6. The number of nitro benzene ring substituents is 1. The number of urea groups is 1. The molecule has 3 rings (SSSR count). The molecule has 1 heterocycles. The van der Waals surface area contributed by atoms with Gasteiger partial charge in [-0.15, -0.1) is 0 Å². The molecular weight excluding hydrogens is 334 g/mol. The molecule has 0 atom stereocenters. The van der Waals surface area contributed by atoms with E-state index in [4.69, 9.17) is 4.42 Å².